The lowest BCUT2D eigenvalue weighted by atomic mass is 9.85. The zero-order chi connectivity index (χ0) is 24.6. The number of para-hydroxylation sites is 1. The van der Waals surface area contributed by atoms with Crippen LogP contribution >= 0.6 is 0 Å². The van der Waals surface area contributed by atoms with Gasteiger partial charge >= 0.3 is 0 Å². The van der Waals surface area contributed by atoms with E-state index in [1.165, 1.54) is 5.56 Å². The Morgan fingerprint density at radius 3 is 2.64 bits per heavy atom. The highest BCUT2D eigenvalue weighted by molar-refractivity contribution is 5.95. The smallest absolute Gasteiger partial charge is 0.226 e. The van der Waals surface area contributed by atoms with Crippen LogP contribution in [0.15, 0.2) is 66.7 Å². The minimum Gasteiger partial charge on any atom is -0.493 e. The number of ether oxygens (including phenoxy) is 1. The topological polar surface area (TPSA) is 99.2 Å². The van der Waals surface area contributed by atoms with E-state index >= 15 is 0 Å². The number of amides is 1. The number of fused-ring (bicyclic) bond motifs is 2. The Labute approximate surface area is 207 Å². The van der Waals surface area contributed by atoms with Crippen LogP contribution in [-0.2, 0) is 11.2 Å². The molecular weight excluding hydrogens is 454 g/mol. The molecule has 3 aromatic heterocycles. The minimum absolute atomic E-state index is 0.0747. The second kappa shape index (κ2) is 8.92. The molecule has 9 heteroatoms. The predicted octanol–water partition coefficient (Wildman–Crippen LogP) is 4.02. The van der Waals surface area contributed by atoms with E-state index in [4.69, 9.17) is 9.84 Å². The third-order valence-corrected chi connectivity index (χ3v) is 6.51. The molecule has 0 saturated carbocycles. The molecule has 1 atom stereocenters. The van der Waals surface area contributed by atoms with Crippen LogP contribution in [0.2, 0.25) is 0 Å². The molecule has 6 rings (SSSR count). The molecule has 0 aliphatic carbocycles. The molecule has 0 radical (unpaired) electrons. The lowest BCUT2D eigenvalue weighted by Crippen LogP contribution is -2.25. The van der Waals surface area contributed by atoms with Crippen LogP contribution in [0.4, 0.5) is 5.82 Å². The van der Waals surface area contributed by atoms with Crippen LogP contribution in [-0.4, -0.2) is 42.1 Å². The van der Waals surface area contributed by atoms with Gasteiger partial charge < -0.3 is 10.1 Å². The van der Waals surface area contributed by atoms with Gasteiger partial charge in [-0.3, -0.25) is 4.79 Å². The number of hydrogen-bond donors (Lipinski definition) is 1. The van der Waals surface area contributed by atoms with Gasteiger partial charge in [0.15, 0.2) is 17.3 Å². The molecule has 2 aromatic carbocycles. The van der Waals surface area contributed by atoms with E-state index in [-0.39, 0.29) is 11.8 Å². The first-order chi connectivity index (χ1) is 17.6. The molecule has 0 saturated heterocycles. The Bertz CT molecular complexity index is 1570. The first-order valence-electron chi connectivity index (χ1n) is 11.9. The van der Waals surface area contributed by atoms with Crippen LogP contribution in [0.25, 0.3) is 11.5 Å². The molecule has 0 spiro atoms. The highest BCUT2D eigenvalue weighted by Gasteiger charge is 2.34. The van der Waals surface area contributed by atoms with Crippen molar-refractivity contribution in [2.45, 2.75) is 32.6 Å². The number of carbonyl (C=O) groups is 1. The lowest BCUT2D eigenvalue weighted by molar-refractivity contribution is -0.116. The second-order valence-corrected chi connectivity index (χ2v) is 8.90. The summed E-state index contributed by atoms with van der Waals surface area (Å²) in [6.45, 7) is 4.35. The first-order valence-corrected chi connectivity index (χ1v) is 11.9. The summed E-state index contributed by atoms with van der Waals surface area (Å²) in [5.41, 5.74) is 4.65. The Morgan fingerprint density at radius 1 is 0.972 bits per heavy atom. The lowest BCUT2D eigenvalue weighted by Gasteiger charge is -2.26. The largest absolute Gasteiger partial charge is 0.493 e. The monoisotopic (exact) mass is 479 g/mol. The fourth-order valence-corrected chi connectivity index (χ4v) is 4.80. The van der Waals surface area contributed by atoms with Crippen molar-refractivity contribution in [1.82, 2.24) is 29.6 Å². The molecule has 0 bridgehead atoms. The van der Waals surface area contributed by atoms with Gasteiger partial charge in [0.2, 0.25) is 5.91 Å². The standard InChI is InChI=1S/C27H25N7O2/c1-17-26-21(20-10-6-7-11-22(20)36-15-14-19-8-4-3-5-9-19)16-25(35)28-27(26)34(31-17)24-13-12-23-30-29-18(2)33(23)32-24/h3-13,21H,14-16H2,1-2H3,(H,28,35). The summed E-state index contributed by atoms with van der Waals surface area (Å²) in [5, 5.41) is 20.6. The second-order valence-electron chi connectivity index (χ2n) is 8.90. The summed E-state index contributed by atoms with van der Waals surface area (Å²) in [5.74, 6) is 2.40. The van der Waals surface area contributed by atoms with E-state index in [0.717, 1.165) is 29.0 Å². The number of nitrogens with one attached hydrogen (secondary N) is 1. The number of rotatable bonds is 6. The quantitative estimate of drug-likeness (QED) is 0.395. The predicted molar refractivity (Wildman–Crippen MR) is 135 cm³/mol. The summed E-state index contributed by atoms with van der Waals surface area (Å²) < 4.78 is 9.59. The van der Waals surface area contributed by atoms with Gasteiger partial charge in [-0.15, -0.1) is 15.3 Å². The molecule has 9 nitrogen and oxygen atoms in total. The highest BCUT2D eigenvalue weighted by atomic mass is 16.5. The zero-order valence-electron chi connectivity index (χ0n) is 20.0. The number of benzene rings is 2. The third kappa shape index (κ3) is 3.88. The molecular formula is C27H25N7O2. The number of aromatic nitrogens is 6. The van der Waals surface area contributed by atoms with Crippen LogP contribution in [0.3, 0.4) is 0 Å². The summed E-state index contributed by atoms with van der Waals surface area (Å²) in [6, 6.07) is 21.9. The summed E-state index contributed by atoms with van der Waals surface area (Å²) in [7, 11) is 0. The number of aryl methyl sites for hydroxylation is 2. The summed E-state index contributed by atoms with van der Waals surface area (Å²) in [6.07, 6.45) is 1.12. The van der Waals surface area contributed by atoms with E-state index in [9.17, 15) is 4.79 Å². The Morgan fingerprint density at radius 2 is 1.78 bits per heavy atom. The van der Waals surface area contributed by atoms with Crippen LogP contribution in [0.1, 0.15) is 40.5 Å². The third-order valence-electron chi connectivity index (χ3n) is 6.51. The normalized spacial score (nSPS) is 15.1. The van der Waals surface area contributed by atoms with Crippen molar-refractivity contribution in [2.75, 3.05) is 11.9 Å². The van der Waals surface area contributed by atoms with Crippen molar-refractivity contribution in [3.8, 4) is 11.6 Å². The van der Waals surface area contributed by atoms with Crippen molar-refractivity contribution in [1.29, 1.82) is 0 Å². The fourth-order valence-electron chi connectivity index (χ4n) is 4.80. The van der Waals surface area contributed by atoms with E-state index in [1.54, 1.807) is 9.20 Å². The van der Waals surface area contributed by atoms with Gasteiger partial charge in [-0.2, -0.15) is 14.3 Å². The van der Waals surface area contributed by atoms with Crippen molar-refractivity contribution in [3.63, 3.8) is 0 Å². The van der Waals surface area contributed by atoms with Gasteiger partial charge in [0.25, 0.3) is 0 Å². The minimum atomic E-state index is -0.184. The average Bonchev–Trinajstić information content (AvgIpc) is 3.43. The number of hydrogen-bond acceptors (Lipinski definition) is 6. The molecule has 0 fully saturated rings. The van der Waals surface area contributed by atoms with E-state index in [2.05, 4.69) is 32.7 Å². The van der Waals surface area contributed by atoms with Crippen LogP contribution < -0.4 is 10.1 Å². The van der Waals surface area contributed by atoms with Gasteiger partial charge in [0.1, 0.15) is 11.6 Å². The maximum absolute atomic E-state index is 12.9. The maximum atomic E-state index is 12.9. The van der Waals surface area contributed by atoms with E-state index in [0.29, 0.717) is 36.1 Å². The molecule has 1 N–H and O–H groups in total. The van der Waals surface area contributed by atoms with Gasteiger partial charge in [-0.25, -0.2) is 0 Å². The SMILES string of the molecule is Cc1nn(-c2ccc3nnc(C)n3n2)c2c1C(c1ccccc1OCCc1ccccc1)CC(=O)N2. The van der Waals surface area contributed by atoms with Crippen molar-refractivity contribution >= 4 is 17.4 Å². The van der Waals surface area contributed by atoms with Crippen LogP contribution in [0, 0.1) is 13.8 Å². The highest BCUT2D eigenvalue weighted by Crippen LogP contribution is 2.43. The van der Waals surface area contributed by atoms with Gasteiger partial charge in [0, 0.05) is 29.9 Å². The summed E-state index contributed by atoms with van der Waals surface area (Å²) >= 11 is 0. The molecule has 1 aliphatic heterocycles. The Hall–Kier alpha value is -4.53. The molecule has 4 heterocycles. The van der Waals surface area contributed by atoms with Crippen molar-refractivity contribution in [2.24, 2.45) is 0 Å². The number of nitrogens with zero attached hydrogens (tertiary/aromatic N) is 6. The van der Waals surface area contributed by atoms with Gasteiger partial charge in [-0.05, 0) is 37.6 Å². The zero-order valence-corrected chi connectivity index (χ0v) is 20.0. The van der Waals surface area contributed by atoms with Gasteiger partial charge in [0.05, 0.1) is 12.3 Å². The Balaban J connectivity index is 1.36. The van der Waals surface area contributed by atoms with E-state index in [1.807, 2.05) is 68.4 Å². The molecule has 1 unspecified atom stereocenters. The van der Waals surface area contributed by atoms with Crippen molar-refractivity contribution in [3.05, 3.63) is 94.9 Å². The maximum Gasteiger partial charge on any atom is 0.226 e. The summed E-state index contributed by atoms with van der Waals surface area (Å²) in [4.78, 5) is 12.9. The van der Waals surface area contributed by atoms with Crippen LogP contribution in [0.5, 0.6) is 5.75 Å². The molecule has 180 valence electrons. The number of carbonyl (C=O) groups excluding carboxylic acids is 1. The van der Waals surface area contributed by atoms with E-state index < -0.39 is 0 Å². The molecule has 1 aliphatic rings. The molecule has 1 amide bonds. The fraction of sp³-hybridized carbons (Fsp3) is 0.222. The average molecular weight is 480 g/mol. The number of anilines is 1. The first kappa shape index (κ1) is 22.0. The van der Waals surface area contributed by atoms with Gasteiger partial charge in [-0.1, -0.05) is 48.5 Å². The Kier molecular flexibility index (Phi) is 5.44. The molecule has 36 heavy (non-hydrogen) atoms. The van der Waals surface area contributed by atoms with Crippen molar-refractivity contribution < 1.29 is 9.53 Å². The molecule has 5 aromatic rings.